The molecule has 11 nitrogen and oxygen atoms in total. The molecule has 0 radical (unpaired) electrons. The molecule has 3 atom stereocenters. The lowest BCUT2D eigenvalue weighted by Gasteiger charge is -2.35. The molecule has 2 fully saturated rings. The number of nitrogens with zero attached hydrogens (tertiary/aromatic N) is 2. The number of amidine groups is 1. The van der Waals surface area contributed by atoms with Crippen molar-refractivity contribution < 1.29 is 14.4 Å². The quantitative estimate of drug-likeness (QED) is 0.104. The van der Waals surface area contributed by atoms with E-state index in [1.54, 1.807) is 14.1 Å². The zero-order valence-electron chi connectivity index (χ0n) is 26.4. The van der Waals surface area contributed by atoms with Crippen molar-refractivity contribution in [1.29, 1.82) is 5.41 Å². The number of nitrogens with two attached hydrogens (primary N) is 3. The first-order valence-electron chi connectivity index (χ1n) is 15.9. The Morgan fingerprint density at radius 1 is 0.886 bits per heavy atom. The van der Waals surface area contributed by atoms with Gasteiger partial charge in [0.1, 0.15) is 17.9 Å². The van der Waals surface area contributed by atoms with E-state index < -0.39 is 12.1 Å². The molecule has 2 aliphatic carbocycles. The molecule has 0 bridgehead atoms. The molecule has 44 heavy (non-hydrogen) atoms. The summed E-state index contributed by atoms with van der Waals surface area (Å²) in [7, 11) is 3.32. The number of hydrogen-bond donors (Lipinski definition) is 6. The summed E-state index contributed by atoms with van der Waals surface area (Å²) in [5.41, 5.74) is 18.2. The maximum Gasteiger partial charge on any atom is 0.244 e. The molecule has 0 aliphatic heterocycles. The second kappa shape index (κ2) is 18.5. The molecule has 3 rings (SSSR count). The Morgan fingerprint density at radius 3 is 1.98 bits per heavy atom. The van der Waals surface area contributed by atoms with Gasteiger partial charge in [-0.15, -0.1) is 12.4 Å². The fraction of sp³-hybridized carbons (Fsp3) is 0.656. The van der Waals surface area contributed by atoms with Gasteiger partial charge in [0.15, 0.2) is 5.96 Å². The number of nitrogens with one attached hydrogen (secondary N) is 3. The summed E-state index contributed by atoms with van der Waals surface area (Å²) in [6.45, 7) is 0.356. The van der Waals surface area contributed by atoms with Crippen molar-refractivity contribution >= 4 is 41.9 Å². The predicted molar refractivity (Wildman–Crippen MR) is 178 cm³/mol. The lowest BCUT2D eigenvalue weighted by Crippen LogP contribution is -2.57. The second-order valence-corrected chi connectivity index (χ2v) is 12.4. The van der Waals surface area contributed by atoms with Crippen molar-refractivity contribution in [3.63, 3.8) is 0 Å². The van der Waals surface area contributed by atoms with E-state index in [1.165, 1.54) is 11.3 Å². The predicted octanol–water partition coefficient (Wildman–Crippen LogP) is 2.82. The molecule has 3 amide bonds. The van der Waals surface area contributed by atoms with Gasteiger partial charge in [0.25, 0.3) is 0 Å². The number of carbonyl (C=O) groups excluding carboxylic acids is 3. The van der Waals surface area contributed by atoms with Crippen LogP contribution in [0.15, 0.2) is 29.3 Å². The number of rotatable bonds is 14. The van der Waals surface area contributed by atoms with Crippen LogP contribution >= 0.6 is 12.4 Å². The maximum absolute atomic E-state index is 14.1. The van der Waals surface area contributed by atoms with Gasteiger partial charge in [-0.1, -0.05) is 62.8 Å². The molecular formula is C32H53ClN8O3. The highest BCUT2D eigenvalue weighted by molar-refractivity contribution is 5.95. The Kier molecular flexibility index (Phi) is 15.5. The number of likely N-dealkylation sites (N-methyl/N-ethyl adjacent to an activating group) is 1. The molecule has 9 N–H and O–H groups in total. The number of amides is 3. The molecule has 0 spiro atoms. The van der Waals surface area contributed by atoms with Crippen LogP contribution in [0.5, 0.6) is 0 Å². The summed E-state index contributed by atoms with van der Waals surface area (Å²) < 4.78 is 0. The fourth-order valence-corrected chi connectivity index (χ4v) is 6.54. The third-order valence-electron chi connectivity index (χ3n) is 8.98. The molecule has 0 heterocycles. The summed E-state index contributed by atoms with van der Waals surface area (Å²) in [5.74, 6) is -0.654. The maximum atomic E-state index is 14.1. The first-order chi connectivity index (χ1) is 20.6. The normalized spacial score (nSPS) is 17.7. The van der Waals surface area contributed by atoms with Gasteiger partial charge in [0.2, 0.25) is 17.7 Å². The Balaban J connectivity index is 0.00000675. The summed E-state index contributed by atoms with van der Waals surface area (Å²) in [6, 6.07) is 6.06. The van der Waals surface area contributed by atoms with Crippen molar-refractivity contribution in [1.82, 2.24) is 15.5 Å². The minimum atomic E-state index is -0.742. The Morgan fingerprint density at radius 2 is 1.45 bits per heavy atom. The molecule has 2 aliphatic rings. The lowest BCUT2D eigenvalue weighted by molar-refractivity contribution is -0.137. The molecule has 1 aromatic rings. The highest BCUT2D eigenvalue weighted by Gasteiger charge is 2.37. The van der Waals surface area contributed by atoms with Crippen LogP contribution in [0.1, 0.15) is 88.2 Å². The van der Waals surface area contributed by atoms with E-state index in [4.69, 9.17) is 22.6 Å². The van der Waals surface area contributed by atoms with Crippen LogP contribution in [0.4, 0.5) is 0 Å². The molecule has 1 aromatic carbocycles. The van der Waals surface area contributed by atoms with Gasteiger partial charge in [0.05, 0.1) is 0 Å². The SMILES string of the molecule is CN(C)C(=O)C(CCCN=C(N)N)NC(=O)[C@@H](NC(=O)C(Cc1ccc(C(=N)N)cc1)C1CCCCC1)C1CCCCC1.Cl. The van der Waals surface area contributed by atoms with Crippen LogP contribution in [0.25, 0.3) is 0 Å². The van der Waals surface area contributed by atoms with Gasteiger partial charge in [-0.25, -0.2) is 0 Å². The van der Waals surface area contributed by atoms with E-state index in [1.807, 2.05) is 24.3 Å². The van der Waals surface area contributed by atoms with Crippen LogP contribution in [0, 0.1) is 23.2 Å². The van der Waals surface area contributed by atoms with Crippen LogP contribution < -0.4 is 27.8 Å². The third kappa shape index (κ3) is 11.3. The van der Waals surface area contributed by atoms with Gasteiger partial charge in [0, 0.05) is 32.1 Å². The molecule has 0 saturated heterocycles. The van der Waals surface area contributed by atoms with Gasteiger partial charge in [-0.3, -0.25) is 24.8 Å². The standard InChI is InChI=1S/C32H52N8O3.ClH/c1-40(2)31(43)26(14-9-19-37-32(35)36)38-30(42)27(23-12-7-4-8-13-23)39-29(41)25(22-10-5-3-6-11-22)20-21-15-17-24(18-16-21)28(33)34;/h15-18,22-23,25-27H,3-14,19-20H2,1-2H3,(H3,33,34)(H,38,42)(H,39,41)(H4,35,36,37);1H/t25?,26?,27-;/m0./s1. The average Bonchev–Trinajstić information content (AvgIpc) is 3.00. The third-order valence-corrected chi connectivity index (χ3v) is 8.98. The number of benzene rings is 1. The van der Waals surface area contributed by atoms with E-state index in [2.05, 4.69) is 15.6 Å². The number of guanidine groups is 1. The lowest BCUT2D eigenvalue weighted by atomic mass is 9.76. The monoisotopic (exact) mass is 632 g/mol. The zero-order valence-corrected chi connectivity index (χ0v) is 27.2. The van der Waals surface area contributed by atoms with Gasteiger partial charge < -0.3 is 32.7 Å². The minimum absolute atomic E-state index is 0. The van der Waals surface area contributed by atoms with Crippen LogP contribution in [0.3, 0.4) is 0 Å². The molecule has 0 aromatic heterocycles. The summed E-state index contributed by atoms with van der Waals surface area (Å²) in [5, 5.41) is 13.9. The average molecular weight is 633 g/mol. The summed E-state index contributed by atoms with van der Waals surface area (Å²) >= 11 is 0. The van der Waals surface area contributed by atoms with Crippen molar-refractivity contribution in [2.45, 2.75) is 95.6 Å². The highest BCUT2D eigenvalue weighted by atomic mass is 35.5. The largest absolute Gasteiger partial charge is 0.384 e. The molecule has 2 unspecified atom stereocenters. The van der Waals surface area contributed by atoms with Crippen LogP contribution in [0.2, 0.25) is 0 Å². The highest BCUT2D eigenvalue weighted by Crippen LogP contribution is 2.33. The molecule has 2 saturated carbocycles. The molecular weight excluding hydrogens is 580 g/mol. The number of hydrogen-bond acceptors (Lipinski definition) is 5. The van der Waals surface area contributed by atoms with Crippen molar-refractivity contribution in [3.8, 4) is 0 Å². The number of aliphatic imine (C=N–C) groups is 1. The van der Waals surface area contributed by atoms with E-state index in [9.17, 15) is 14.4 Å². The van der Waals surface area contributed by atoms with Crippen LogP contribution in [-0.4, -0.2) is 67.1 Å². The fourth-order valence-electron chi connectivity index (χ4n) is 6.54. The van der Waals surface area contributed by atoms with Crippen molar-refractivity contribution in [2.24, 2.45) is 39.9 Å². The smallest absolute Gasteiger partial charge is 0.244 e. The van der Waals surface area contributed by atoms with E-state index >= 15 is 0 Å². The van der Waals surface area contributed by atoms with E-state index in [0.717, 1.165) is 63.4 Å². The number of carbonyl (C=O) groups is 3. The first kappa shape index (κ1) is 36.8. The number of halogens is 1. The second-order valence-electron chi connectivity index (χ2n) is 12.4. The molecule has 12 heteroatoms. The van der Waals surface area contributed by atoms with Crippen molar-refractivity contribution in [3.05, 3.63) is 35.4 Å². The minimum Gasteiger partial charge on any atom is -0.384 e. The summed E-state index contributed by atoms with van der Waals surface area (Å²) in [6.07, 6.45) is 11.7. The zero-order chi connectivity index (χ0) is 31.4. The van der Waals surface area contributed by atoms with Gasteiger partial charge in [-0.2, -0.15) is 0 Å². The van der Waals surface area contributed by atoms with Crippen molar-refractivity contribution in [2.75, 3.05) is 20.6 Å². The first-order valence-corrected chi connectivity index (χ1v) is 15.9. The van der Waals surface area contributed by atoms with E-state index in [0.29, 0.717) is 31.4 Å². The van der Waals surface area contributed by atoms with Gasteiger partial charge in [-0.05, 0) is 62.3 Å². The van der Waals surface area contributed by atoms with E-state index in [-0.39, 0.29) is 59.7 Å². The Hall–Kier alpha value is -3.34. The Labute approximate surface area is 268 Å². The summed E-state index contributed by atoms with van der Waals surface area (Å²) in [4.78, 5) is 46.5. The molecule has 246 valence electrons. The number of nitrogen functional groups attached to an aromatic ring is 1. The van der Waals surface area contributed by atoms with Gasteiger partial charge >= 0.3 is 0 Å². The Bertz CT molecular complexity index is 1110. The topological polar surface area (TPSA) is 193 Å². The van der Waals surface area contributed by atoms with Crippen LogP contribution in [-0.2, 0) is 20.8 Å².